The first-order chi connectivity index (χ1) is 15.8. The maximum atomic E-state index is 9.02. The molecule has 2 heterocycles. The van der Waals surface area contributed by atoms with Crippen molar-refractivity contribution in [2.75, 3.05) is 0 Å². The third-order valence-corrected chi connectivity index (χ3v) is 5.92. The maximum Gasteiger partial charge on any atom is 0.0991 e. The summed E-state index contributed by atoms with van der Waals surface area (Å²) in [7, 11) is 0. The Morgan fingerprint density at radius 2 is 1.34 bits per heavy atom. The van der Waals surface area contributed by atoms with E-state index in [0.29, 0.717) is 5.56 Å². The fourth-order valence-electron chi connectivity index (χ4n) is 4.29. The predicted molar refractivity (Wildman–Crippen MR) is 130 cm³/mol. The molecule has 148 valence electrons. The van der Waals surface area contributed by atoms with Crippen LogP contribution in [0, 0.1) is 11.3 Å². The first kappa shape index (κ1) is 18.2. The fraction of sp³-hybridized carbons (Fsp3) is 0. The molecular weight excluding hydrogens is 390 g/mol. The lowest BCUT2D eigenvalue weighted by Gasteiger charge is -2.11. The molecule has 6 aromatic rings. The van der Waals surface area contributed by atoms with Crippen molar-refractivity contribution >= 4 is 32.7 Å². The van der Waals surface area contributed by atoms with E-state index in [-0.39, 0.29) is 0 Å². The number of fused-ring (bicyclic) bond motifs is 4. The van der Waals surface area contributed by atoms with Gasteiger partial charge in [0, 0.05) is 22.4 Å². The fourth-order valence-corrected chi connectivity index (χ4v) is 4.29. The Bertz CT molecular complexity index is 1660. The lowest BCUT2D eigenvalue weighted by Crippen LogP contribution is -1.90. The lowest BCUT2D eigenvalue weighted by molar-refractivity contribution is 1.40. The maximum absolute atomic E-state index is 9.02. The Morgan fingerprint density at radius 3 is 2.12 bits per heavy atom. The van der Waals surface area contributed by atoms with E-state index in [1.807, 2.05) is 54.7 Å². The Hall–Kier alpha value is -4.55. The highest BCUT2D eigenvalue weighted by Gasteiger charge is 2.12. The number of rotatable bonds is 2. The molecule has 4 aromatic carbocycles. The number of hydrogen-bond donors (Lipinski definition) is 0. The molecule has 0 aliphatic carbocycles. The van der Waals surface area contributed by atoms with Crippen molar-refractivity contribution in [1.82, 2.24) is 9.97 Å². The molecule has 3 heteroatoms. The quantitative estimate of drug-likeness (QED) is 0.226. The zero-order valence-corrected chi connectivity index (χ0v) is 17.2. The summed E-state index contributed by atoms with van der Waals surface area (Å²) in [6, 6.07) is 35.1. The first-order valence-corrected chi connectivity index (χ1v) is 10.5. The molecule has 0 aliphatic heterocycles. The summed E-state index contributed by atoms with van der Waals surface area (Å²) in [5.74, 6) is 0. The zero-order valence-electron chi connectivity index (χ0n) is 17.2. The van der Waals surface area contributed by atoms with Crippen molar-refractivity contribution in [3.63, 3.8) is 0 Å². The first-order valence-electron chi connectivity index (χ1n) is 10.5. The number of hydrogen-bond acceptors (Lipinski definition) is 3. The Labute approximate surface area is 185 Å². The van der Waals surface area contributed by atoms with Crippen molar-refractivity contribution in [2.24, 2.45) is 0 Å². The second-order valence-corrected chi connectivity index (χ2v) is 7.84. The molecule has 0 saturated carbocycles. The summed E-state index contributed by atoms with van der Waals surface area (Å²) < 4.78 is 0. The molecule has 0 radical (unpaired) electrons. The van der Waals surface area contributed by atoms with Crippen LogP contribution in [0.3, 0.4) is 0 Å². The number of nitriles is 1. The minimum Gasteiger partial charge on any atom is -0.254 e. The second-order valence-electron chi connectivity index (χ2n) is 7.84. The molecular formula is C29H17N3. The van der Waals surface area contributed by atoms with Gasteiger partial charge in [-0.1, -0.05) is 60.7 Å². The third kappa shape index (κ3) is 2.98. The summed E-state index contributed by atoms with van der Waals surface area (Å²) >= 11 is 0. The van der Waals surface area contributed by atoms with Crippen LogP contribution in [0.2, 0.25) is 0 Å². The summed E-state index contributed by atoms with van der Waals surface area (Å²) in [6.45, 7) is 0. The topological polar surface area (TPSA) is 49.6 Å². The standard InChI is InChI=1S/C29H17N3/c30-18-19-7-9-20(10-8-19)21-11-13-22(14-12-21)26-17-24-16-23-4-1-2-6-27(23)32-28(24)29-25(26)5-3-15-31-29/h1-17H. The minimum atomic E-state index is 0.668. The van der Waals surface area contributed by atoms with E-state index in [1.165, 1.54) is 0 Å². The molecule has 0 N–H and O–H groups in total. The summed E-state index contributed by atoms with van der Waals surface area (Å²) in [4.78, 5) is 9.62. The van der Waals surface area contributed by atoms with Crippen LogP contribution in [0.15, 0.2) is 103 Å². The molecule has 0 atom stereocenters. The highest BCUT2D eigenvalue weighted by molar-refractivity contribution is 6.12. The van der Waals surface area contributed by atoms with Crippen molar-refractivity contribution in [1.29, 1.82) is 5.26 Å². The van der Waals surface area contributed by atoms with E-state index in [0.717, 1.165) is 55.0 Å². The number of para-hydroxylation sites is 1. The molecule has 0 aliphatic rings. The van der Waals surface area contributed by atoms with Gasteiger partial charge in [0.25, 0.3) is 0 Å². The van der Waals surface area contributed by atoms with E-state index >= 15 is 0 Å². The minimum absolute atomic E-state index is 0.668. The van der Waals surface area contributed by atoms with E-state index in [9.17, 15) is 0 Å². The number of pyridine rings is 2. The van der Waals surface area contributed by atoms with Gasteiger partial charge in [0.15, 0.2) is 0 Å². The molecule has 3 nitrogen and oxygen atoms in total. The van der Waals surface area contributed by atoms with Gasteiger partial charge in [0.05, 0.1) is 28.2 Å². The molecule has 2 aromatic heterocycles. The lowest BCUT2D eigenvalue weighted by atomic mass is 9.95. The molecule has 0 spiro atoms. The molecule has 0 fully saturated rings. The summed E-state index contributed by atoms with van der Waals surface area (Å²) in [5, 5.41) is 12.3. The summed E-state index contributed by atoms with van der Waals surface area (Å²) in [5.41, 5.74) is 7.98. The van der Waals surface area contributed by atoms with Gasteiger partial charge in [0.1, 0.15) is 0 Å². The Balaban J connectivity index is 1.53. The van der Waals surface area contributed by atoms with E-state index in [1.54, 1.807) is 0 Å². The van der Waals surface area contributed by atoms with Gasteiger partial charge < -0.3 is 0 Å². The van der Waals surface area contributed by atoms with Gasteiger partial charge in [-0.2, -0.15) is 5.26 Å². The van der Waals surface area contributed by atoms with Gasteiger partial charge in [0.2, 0.25) is 0 Å². The van der Waals surface area contributed by atoms with Crippen LogP contribution in [0.1, 0.15) is 5.56 Å². The van der Waals surface area contributed by atoms with Crippen LogP contribution < -0.4 is 0 Å². The molecule has 32 heavy (non-hydrogen) atoms. The van der Waals surface area contributed by atoms with Crippen LogP contribution in [0.5, 0.6) is 0 Å². The smallest absolute Gasteiger partial charge is 0.0991 e. The van der Waals surface area contributed by atoms with E-state index in [4.69, 9.17) is 15.2 Å². The SMILES string of the molecule is N#Cc1ccc(-c2ccc(-c3cc4cc5ccccc5nc4c4ncccc34)cc2)cc1. The van der Waals surface area contributed by atoms with Crippen molar-refractivity contribution in [3.8, 4) is 28.3 Å². The largest absolute Gasteiger partial charge is 0.254 e. The molecule has 0 saturated heterocycles. The van der Waals surface area contributed by atoms with Crippen molar-refractivity contribution in [2.45, 2.75) is 0 Å². The van der Waals surface area contributed by atoms with Crippen LogP contribution >= 0.6 is 0 Å². The zero-order chi connectivity index (χ0) is 21.5. The molecule has 6 rings (SSSR count). The molecule has 0 bridgehead atoms. The molecule has 0 amide bonds. The van der Waals surface area contributed by atoms with E-state index in [2.05, 4.69) is 54.6 Å². The second kappa shape index (κ2) is 7.30. The van der Waals surface area contributed by atoms with Gasteiger partial charge in [-0.05, 0) is 58.7 Å². The van der Waals surface area contributed by atoms with Crippen LogP contribution in [0.4, 0.5) is 0 Å². The summed E-state index contributed by atoms with van der Waals surface area (Å²) in [6.07, 6.45) is 1.83. The average Bonchev–Trinajstić information content (AvgIpc) is 2.87. The van der Waals surface area contributed by atoms with Crippen molar-refractivity contribution < 1.29 is 0 Å². The normalized spacial score (nSPS) is 11.1. The number of aromatic nitrogens is 2. The Morgan fingerprint density at radius 1 is 0.625 bits per heavy atom. The van der Waals surface area contributed by atoms with Crippen molar-refractivity contribution in [3.05, 3.63) is 109 Å². The van der Waals surface area contributed by atoms with E-state index < -0.39 is 0 Å². The third-order valence-electron chi connectivity index (χ3n) is 5.92. The average molecular weight is 407 g/mol. The van der Waals surface area contributed by atoms with Gasteiger partial charge >= 0.3 is 0 Å². The van der Waals surface area contributed by atoms with Crippen LogP contribution in [-0.4, -0.2) is 9.97 Å². The number of nitrogens with zero attached hydrogens (tertiary/aromatic N) is 3. The van der Waals surface area contributed by atoms with Gasteiger partial charge in [-0.25, -0.2) is 4.98 Å². The van der Waals surface area contributed by atoms with Gasteiger partial charge in [-0.15, -0.1) is 0 Å². The highest BCUT2D eigenvalue weighted by Crippen LogP contribution is 2.35. The van der Waals surface area contributed by atoms with Crippen LogP contribution in [-0.2, 0) is 0 Å². The number of benzene rings is 4. The monoisotopic (exact) mass is 407 g/mol. The van der Waals surface area contributed by atoms with Crippen LogP contribution in [0.25, 0.3) is 55.0 Å². The van der Waals surface area contributed by atoms with Gasteiger partial charge in [-0.3, -0.25) is 4.98 Å². The molecule has 0 unspecified atom stereocenters. The predicted octanol–water partition coefficient (Wildman–Crippen LogP) is 7.14. The Kier molecular flexibility index (Phi) is 4.16. The highest BCUT2D eigenvalue weighted by atomic mass is 14.7.